The molecule has 0 aromatic heterocycles. The highest BCUT2D eigenvalue weighted by Crippen LogP contribution is 2.31. The van der Waals surface area contributed by atoms with Crippen molar-refractivity contribution in [1.29, 1.82) is 0 Å². The molecule has 0 radical (unpaired) electrons. The van der Waals surface area contributed by atoms with Gasteiger partial charge in [0.2, 0.25) is 0 Å². The zero-order valence-corrected chi connectivity index (χ0v) is 13.3. The summed E-state index contributed by atoms with van der Waals surface area (Å²) < 4.78 is 26.5. The second-order valence-corrected chi connectivity index (χ2v) is 6.50. The van der Waals surface area contributed by atoms with Crippen LogP contribution in [-0.4, -0.2) is 24.8 Å². The van der Waals surface area contributed by atoms with Crippen LogP contribution in [0.1, 0.15) is 6.92 Å². The lowest BCUT2D eigenvalue weighted by Gasteiger charge is -2.22. The van der Waals surface area contributed by atoms with E-state index in [1.54, 1.807) is 0 Å². The van der Waals surface area contributed by atoms with Crippen LogP contribution in [0.25, 0.3) is 0 Å². The van der Waals surface area contributed by atoms with E-state index in [1.165, 1.54) is 37.3 Å². The van der Waals surface area contributed by atoms with Crippen LogP contribution < -0.4 is 4.31 Å². The van der Waals surface area contributed by atoms with Crippen LogP contribution in [0.15, 0.2) is 53.4 Å². The Bertz CT molecular complexity index is 897. The number of para-hydroxylation sites is 1. The molecule has 10 heteroatoms. The van der Waals surface area contributed by atoms with Gasteiger partial charge in [-0.1, -0.05) is 18.2 Å². The number of nitro benzene ring substituents is 2. The molecule has 0 aliphatic rings. The van der Waals surface area contributed by atoms with E-state index in [-0.39, 0.29) is 17.9 Å². The Hall–Kier alpha value is -3.01. The highest BCUT2D eigenvalue weighted by molar-refractivity contribution is 7.93. The van der Waals surface area contributed by atoms with Gasteiger partial charge in [-0.05, 0) is 19.1 Å². The first-order valence-corrected chi connectivity index (χ1v) is 8.23. The predicted octanol–water partition coefficient (Wildman–Crippen LogP) is 2.72. The minimum absolute atomic E-state index is 0.0461. The maximum Gasteiger partial charge on any atom is 0.289 e. The van der Waals surface area contributed by atoms with Gasteiger partial charge in [-0.25, -0.2) is 8.42 Å². The van der Waals surface area contributed by atoms with Crippen LogP contribution in [0.3, 0.4) is 0 Å². The van der Waals surface area contributed by atoms with Gasteiger partial charge >= 0.3 is 0 Å². The van der Waals surface area contributed by atoms with Crippen LogP contribution in [0.2, 0.25) is 0 Å². The Kier molecular flexibility index (Phi) is 4.79. The molecule has 2 aromatic rings. The Labute approximate surface area is 137 Å². The molecular formula is C14H13N3O6S. The minimum atomic E-state index is -4.25. The SMILES string of the molecule is CCN(c1cccc([N+](=O)[O-])c1)S(=O)(=O)c1ccccc1[N+](=O)[O-]. The predicted molar refractivity (Wildman–Crippen MR) is 86.4 cm³/mol. The quantitative estimate of drug-likeness (QED) is 0.582. The Balaban J connectivity index is 2.60. The van der Waals surface area contributed by atoms with Gasteiger partial charge < -0.3 is 0 Å². The topological polar surface area (TPSA) is 124 Å². The second-order valence-electron chi connectivity index (χ2n) is 4.67. The fourth-order valence-corrected chi connectivity index (χ4v) is 3.82. The second kappa shape index (κ2) is 6.62. The van der Waals surface area contributed by atoms with Gasteiger partial charge in [-0.15, -0.1) is 0 Å². The van der Waals surface area contributed by atoms with Gasteiger partial charge in [0.1, 0.15) is 0 Å². The van der Waals surface area contributed by atoms with Crippen LogP contribution in [0, 0.1) is 20.2 Å². The molecule has 0 fully saturated rings. The molecule has 0 unspecified atom stereocenters. The molecule has 0 N–H and O–H groups in total. The summed E-state index contributed by atoms with van der Waals surface area (Å²) in [5.74, 6) is 0. The lowest BCUT2D eigenvalue weighted by molar-refractivity contribution is -0.387. The third-order valence-electron chi connectivity index (χ3n) is 3.25. The number of benzene rings is 2. The maximum atomic E-state index is 12.8. The molecule has 0 spiro atoms. The van der Waals surface area contributed by atoms with E-state index in [0.29, 0.717) is 0 Å². The van der Waals surface area contributed by atoms with Gasteiger partial charge in [-0.2, -0.15) is 0 Å². The summed E-state index contributed by atoms with van der Waals surface area (Å²) in [6, 6.07) is 10.0. The van der Waals surface area contributed by atoms with Gasteiger partial charge in [0.25, 0.3) is 21.4 Å². The first-order valence-electron chi connectivity index (χ1n) is 6.79. The van der Waals surface area contributed by atoms with Gasteiger partial charge in [0.15, 0.2) is 4.90 Å². The molecule has 24 heavy (non-hydrogen) atoms. The van der Waals surface area contributed by atoms with Crippen LogP contribution >= 0.6 is 0 Å². The molecule has 2 aromatic carbocycles. The Morgan fingerprint density at radius 2 is 1.67 bits per heavy atom. The van der Waals surface area contributed by atoms with E-state index < -0.39 is 30.5 Å². The molecule has 0 saturated heterocycles. The monoisotopic (exact) mass is 351 g/mol. The van der Waals surface area contributed by atoms with E-state index >= 15 is 0 Å². The molecule has 0 heterocycles. The number of nitrogens with zero attached hydrogens (tertiary/aromatic N) is 3. The molecule has 0 aliphatic heterocycles. The number of anilines is 1. The molecule has 0 bridgehead atoms. The highest BCUT2D eigenvalue weighted by Gasteiger charge is 2.31. The standard InChI is InChI=1S/C14H13N3O6S/c1-2-15(11-6-5-7-12(10-11)16(18)19)24(22,23)14-9-4-3-8-13(14)17(20)21/h3-10H,2H2,1H3. The summed E-state index contributed by atoms with van der Waals surface area (Å²) in [6.45, 7) is 1.49. The summed E-state index contributed by atoms with van der Waals surface area (Å²) in [7, 11) is -4.25. The fourth-order valence-electron chi connectivity index (χ4n) is 2.20. The molecular weight excluding hydrogens is 338 g/mol. The highest BCUT2D eigenvalue weighted by atomic mass is 32.2. The third-order valence-corrected chi connectivity index (χ3v) is 5.20. The Morgan fingerprint density at radius 1 is 1.00 bits per heavy atom. The summed E-state index contributed by atoms with van der Waals surface area (Å²) in [5, 5.41) is 22.0. The van der Waals surface area contributed by atoms with E-state index in [2.05, 4.69) is 0 Å². The van der Waals surface area contributed by atoms with Gasteiger partial charge in [0.05, 0.1) is 15.5 Å². The first kappa shape index (κ1) is 17.3. The first-order chi connectivity index (χ1) is 11.3. The van der Waals surface area contributed by atoms with Crippen molar-refractivity contribution in [3.05, 3.63) is 68.8 Å². The normalized spacial score (nSPS) is 11.0. The largest absolute Gasteiger partial charge is 0.289 e. The minimum Gasteiger partial charge on any atom is -0.266 e. The summed E-state index contributed by atoms with van der Waals surface area (Å²) in [5.41, 5.74) is -0.769. The van der Waals surface area contributed by atoms with Crippen molar-refractivity contribution in [2.75, 3.05) is 10.8 Å². The van der Waals surface area contributed by atoms with E-state index in [0.717, 1.165) is 22.5 Å². The van der Waals surface area contributed by atoms with Crippen LogP contribution in [0.4, 0.5) is 17.1 Å². The van der Waals surface area contributed by atoms with Crippen molar-refractivity contribution < 1.29 is 18.3 Å². The molecule has 0 amide bonds. The molecule has 0 aliphatic carbocycles. The number of non-ortho nitro benzene ring substituents is 1. The van der Waals surface area contributed by atoms with Crippen LogP contribution in [0.5, 0.6) is 0 Å². The fraction of sp³-hybridized carbons (Fsp3) is 0.143. The van der Waals surface area contributed by atoms with Crippen molar-refractivity contribution in [3.8, 4) is 0 Å². The number of hydrogen-bond donors (Lipinski definition) is 0. The molecule has 2 rings (SSSR count). The van der Waals surface area contributed by atoms with E-state index in [4.69, 9.17) is 0 Å². The molecule has 9 nitrogen and oxygen atoms in total. The molecule has 126 valence electrons. The van der Waals surface area contributed by atoms with Crippen molar-refractivity contribution >= 4 is 27.1 Å². The lowest BCUT2D eigenvalue weighted by Crippen LogP contribution is -2.31. The van der Waals surface area contributed by atoms with Crippen molar-refractivity contribution in [2.45, 2.75) is 11.8 Å². The smallest absolute Gasteiger partial charge is 0.266 e. The van der Waals surface area contributed by atoms with E-state index in [1.807, 2.05) is 0 Å². The van der Waals surface area contributed by atoms with E-state index in [9.17, 15) is 28.6 Å². The summed E-state index contributed by atoms with van der Waals surface area (Å²) >= 11 is 0. The average molecular weight is 351 g/mol. The summed E-state index contributed by atoms with van der Waals surface area (Å²) in [6.07, 6.45) is 0. The number of hydrogen-bond acceptors (Lipinski definition) is 6. The average Bonchev–Trinajstić information content (AvgIpc) is 2.55. The zero-order chi connectivity index (χ0) is 17.9. The Morgan fingerprint density at radius 3 is 2.25 bits per heavy atom. The number of sulfonamides is 1. The van der Waals surface area contributed by atoms with Gasteiger partial charge in [0, 0.05) is 24.7 Å². The molecule has 0 saturated carbocycles. The van der Waals surface area contributed by atoms with Gasteiger partial charge in [-0.3, -0.25) is 24.5 Å². The molecule has 0 atom stereocenters. The number of nitro groups is 2. The number of rotatable bonds is 6. The zero-order valence-electron chi connectivity index (χ0n) is 12.5. The van der Waals surface area contributed by atoms with Crippen molar-refractivity contribution in [2.24, 2.45) is 0 Å². The maximum absolute atomic E-state index is 12.8. The lowest BCUT2D eigenvalue weighted by atomic mass is 10.3. The van der Waals surface area contributed by atoms with Crippen molar-refractivity contribution in [3.63, 3.8) is 0 Å². The third kappa shape index (κ3) is 3.18. The van der Waals surface area contributed by atoms with Crippen LogP contribution in [-0.2, 0) is 10.0 Å². The summed E-state index contributed by atoms with van der Waals surface area (Å²) in [4.78, 5) is 20.1. The van der Waals surface area contributed by atoms with Crippen molar-refractivity contribution in [1.82, 2.24) is 0 Å².